The van der Waals surface area contributed by atoms with Crippen molar-refractivity contribution in [2.24, 2.45) is 5.11 Å². The molecule has 31 heavy (non-hydrogen) atoms. The fourth-order valence-corrected chi connectivity index (χ4v) is 3.15. The first-order valence-corrected chi connectivity index (χ1v) is 9.41. The number of azide groups is 1. The molecular weight excluding hydrogens is 412 g/mol. The lowest BCUT2D eigenvalue weighted by atomic mass is 9.95. The van der Waals surface area contributed by atoms with E-state index in [0.717, 1.165) is 5.56 Å². The van der Waals surface area contributed by atoms with Gasteiger partial charge in [-0.15, -0.1) is 0 Å². The highest BCUT2D eigenvalue weighted by molar-refractivity contribution is 5.73. The molecule has 0 aliphatic carbocycles. The van der Waals surface area contributed by atoms with Crippen molar-refractivity contribution in [3.8, 4) is 0 Å². The van der Waals surface area contributed by atoms with Crippen molar-refractivity contribution in [1.29, 1.82) is 0 Å². The molecule has 2 N–H and O–H groups in total. The van der Waals surface area contributed by atoms with Crippen LogP contribution in [0.1, 0.15) is 19.4 Å². The van der Waals surface area contributed by atoms with Gasteiger partial charge >= 0.3 is 11.9 Å². The zero-order valence-corrected chi connectivity index (χ0v) is 17.0. The predicted molar refractivity (Wildman–Crippen MR) is 104 cm³/mol. The summed E-state index contributed by atoms with van der Waals surface area (Å²) < 4.78 is 22.5. The zero-order valence-electron chi connectivity index (χ0n) is 17.0. The van der Waals surface area contributed by atoms with Crippen LogP contribution in [0.3, 0.4) is 0 Å². The molecule has 1 aliphatic rings. The van der Waals surface area contributed by atoms with Gasteiger partial charge in [-0.25, -0.2) is 4.79 Å². The van der Waals surface area contributed by atoms with Crippen LogP contribution in [0.5, 0.6) is 0 Å². The van der Waals surface area contributed by atoms with Crippen molar-refractivity contribution >= 4 is 17.8 Å². The maximum atomic E-state index is 11.8. The number of carboxylic acid groups (broad SMARTS) is 1. The van der Waals surface area contributed by atoms with Gasteiger partial charge in [-0.1, -0.05) is 35.4 Å². The molecule has 0 unspecified atom stereocenters. The van der Waals surface area contributed by atoms with Crippen LogP contribution in [0.2, 0.25) is 0 Å². The fraction of sp³-hybridized carbons (Fsp3) is 0.526. The second-order valence-electron chi connectivity index (χ2n) is 6.72. The van der Waals surface area contributed by atoms with Crippen LogP contribution < -0.4 is 5.32 Å². The zero-order chi connectivity index (χ0) is 22.8. The van der Waals surface area contributed by atoms with Gasteiger partial charge in [0.15, 0.2) is 12.4 Å². The monoisotopic (exact) mass is 436 g/mol. The van der Waals surface area contributed by atoms with Crippen LogP contribution in [0.4, 0.5) is 0 Å². The molecule has 1 fully saturated rings. The van der Waals surface area contributed by atoms with E-state index in [1.165, 1.54) is 13.8 Å². The molecule has 12 heteroatoms. The Bertz CT molecular complexity index is 814. The van der Waals surface area contributed by atoms with Crippen LogP contribution in [0, 0.1) is 0 Å². The quantitative estimate of drug-likeness (QED) is 0.238. The van der Waals surface area contributed by atoms with Crippen molar-refractivity contribution < 1.29 is 38.4 Å². The van der Waals surface area contributed by atoms with Gasteiger partial charge in [0, 0.05) is 18.8 Å². The summed E-state index contributed by atoms with van der Waals surface area (Å²) in [7, 11) is 0. The third kappa shape index (κ3) is 7.54. The van der Waals surface area contributed by atoms with Gasteiger partial charge in [0.05, 0.1) is 19.3 Å². The number of aliphatic carboxylic acids is 1. The van der Waals surface area contributed by atoms with Gasteiger partial charge in [0.25, 0.3) is 0 Å². The third-order valence-corrected chi connectivity index (χ3v) is 4.30. The van der Waals surface area contributed by atoms with Gasteiger partial charge in [-0.2, -0.15) is 0 Å². The van der Waals surface area contributed by atoms with Gasteiger partial charge in [-0.05, 0) is 11.1 Å². The summed E-state index contributed by atoms with van der Waals surface area (Å²) in [6, 6.07) is 8.09. The SMILES string of the molecule is CC(=O)N[C@H]1[C@@H](OCC(=O)O)O[C@H](CN=[N+]=[N-])[C@@H](OCc2ccccc2)[C@@H]1OC(C)=O. The first-order valence-electron chi connectivity index (χ1n) is 9.41. The van der Waals surface area contributed by atoms with Crippen LogP contribution in [-0.2, 0) is 39.9 Å². The first kappa shape index (κ1) is 24.1. The Morgan fingerprint density at radius 3 is 2.48 bits per heavy atom. The molecule has 5 atom stereocenters. The van der Waals surface area contributed by atoms with Crippen LogP contribution >= 0.6 is 0 Å². The highest BCUT2D eigenvalue weighted by Crippen LogP contribution is 2.28. The summed E-state index contributed by atoms with van der Waals surface area (Å²) in [6.07, 6.45) is -4.28. The average Bonchev–Trinajstić information content (AvgIpc) is 2.71. The molecule has 1 amide bonds. The molecule has 1 aromatic carbocycles. The minimum absolute atomic E-state index is 0.118. The molecule has 0 saturated carbocycles. The maximum absolute atomic E-state index is 11.8. The molecular formula is C19H24N4O8. The molecule has 1 aromatic rings. The fourth-order valence-electron chi connectivity index (χ4n) is 3.15. The van der Waals surface area contributed by atoms with E-state index >= 15 is 0 Å². The Hall–Kier alpha value is -3.18. The molecule has 0 radical (unpaired) electrons. The summed E-state index contributed by atoms with van der Waals surface area (Å²) in [5.41, 5.74) is 9.55. The van der Waals surface area contributed by atoms with Crippen molar-refractivity contribution in [1.82, 2.24) is 5.32 Å². The molecule has 1 heterocycles. The number of rotatable bonds is 10. The standard InChI is InChI=1S/C19H24N4O8/c1-11(24)22-16-18(30-12(2)25)17(28-9-13-6-4-3-5-7-13)14(8-21-23-20)31-19(16)29-10-15(26)27/h3-7,14,16-19H,8-10H2,1-2H3,(H,22,24)(H,26,27)/t14-,16-,17-,18-,19+/m1/s1. The molecule has 12 nitrogen and oxygen atoms in total. The number of nitrogens with zero attached hydrogens (tertiary/aromatic N) is 3. The van der Waals surface area contributed by atoms with E-state index < -0.39 is 55.1 Å². The average molecular weight is 436 g/mol. The second-order valence-corrected chi connectivity index (χ2v) is 6.72. The normalized spacial score (nSPS) is 25.2. The number of nitrogens with one attached hydrogen (secondary N) is 1. The lowest BCUT2D eigenvalue weighted by Gasteiger charge is -2.45. The molecule has 1 saturated heterocycles. The smallest absolute Gasteiger partial charge is 0.329 e. The lowest BCUT2D eigenvalue weighted by Crippen LogP contribution is -2.66. The first-order chi connectivity index (χ1) is 14.8. The number of carboxylic acids is 1. The maximum Gasteiger partial charge on any atom is 0.329 e. The molecule has 2 rings (SSSR count). The van der Waals surface area contributed by atoms with E-state index in [0.29, 0.717) is 0 Å². The highest BCUT2D eigenvalue weighted by Gasteiger charge is 2.49. The summed E-state index contributed by atoms with van der Waals surface area (Å²) in [6.45, 7) is 1.62. The Balaban J connectivity index is 2.36. The van der Waals surface area contributed by atoms with Crippen LogP contribution in [0.25, 0.3) is 10.4 Å². The highest BCUT2D eigenvalue weighted by atomic mass is 16.7. The van der Waals surface area contributed by atoms with Gasteiger partial charge in [0.2, 0.25) is 5.91 Å². The Morgan fingerprint density at radius 2 is 1.90 bits per heavy atom. The number of amides is 1. The van der Waals surface area contributed by atoms with E-state index in [2.05, 4.69) is 15.3 Å². The summed E-state index contributed by atoms with van der Waals surface area (Å²) in [4.78, 5) is 37.3. The van der Waals surface area contributed by atoms with E-state index in [9.17, 15) is 14.4 Å². The van der Waals surface area contributed by atoms with Gasteiger partial charge < -0.3 is 29.4 Å². The van der Waals surface area contributed by atoms with Gasteiger partial charge in [-0.3, -0.25) is 9.59 Å². The largest absolute Gasteiger partial charge is 0.480 e. The van der Waals surface area contributed by atoms with Gasteiger partial charge in [0.1, 0.15) is 18.8 Å². The van der Waals surface area contributed by atoms with E-state index in [-0.39, 0.29) is 13.2 Å². The Morgan fingerprint density at radius 1 is 1.19 bits per heavy atom. The van der Waals surface area contributed by atoms with E-state index in [1.54, 1.807) is 0 Å². The molecule has 1 aliphatic heterocycles. The summed E-state index contributed by atoms with van der Waals surface area (Å²) >= 11 is 0. The van der Waals surface area contributed by atoms with E-state index in [1.807, 2.05) is 30.3 Å². The lowest BCUT2D eigenvalue weighted by molar-refractivity contribution is -0.274. The second kappa shape index (κ2) is 11.9. The third-order valence-electron chi connectivity index (χ3n) is 4.30. The minimum Gasteiger partial charge on any atom is -0.480 e. The number of benzene rings is 1. The Labute approximate surface area is 178 Å². The number of hydrogen-bond donors (Lipinski definition) is 2. The number of ether oxygens (including phenoxy) is 4. The number of esters is 1. The molecule has 0 aromatic heterocycles. The van der Waals surface area contributed by atoms with Crippen LogP contribution in [0.15, 0.2) is 35.4 Å². The summed E-state index contributed by atoms with van der Waals surface area (Å²) in [5, 5.41) is 15.0. The number of hydrogen-bond acceptors (Lipinski definition) is 8. The van der Waals surface area contributed by atoms with Crippen molar-refractivity contribution in [2.75, 3.05) is 13.2 Å². The molecule has 168 valence electrons. The molecule has 0 spiro atoms. The van der Waals surface area contributed by atoms with E-state index in [4.69, 9.17) is 29.6 Å². The molecule has 0 bridgehead atoms. The number of carbonyl (C=O) groups is 3. The van der Waals surface area contributed by atoms with Crippen molar-refractivity contribution in [2.45, 2.75) is 51.1 Å². The minimum atomic E-state index is -1.29. The van der Waals surface area contributed by atoms with Crippen LogP contribution in [-0.4, -0.2) is 66.7 Å². The Kier molecular flexibility index (Phi) is 9.22. The number of carbonyl (C=O) groups excluding carboxylic acids is 2. The predicted octanol–water partition coefficient (Wildman–Crippen LogP) is 1.14. The summed E-state index contributed by atoms with van der Waals surface area (Å²) in [5.74, 6) is -2.40. The van der Waals surface area contributed by atoms with Crippen molar-refractivity contribution in [3.63, 3.8) is 0 Å². The topological polar surface area (TPSA) is 169 Å². The van der Waals surface area contributed by atoms with Crippen molar-refractivity contribution in [3.05, 3.63) is 46.3 Å².